The van der Waals surface area contributed by atoms with Gasteiger partial charge in [-0.3, -0.25) is 0 Å². The number of hydrogen-bond donors (Lipinski definition) is 1. The van der Waals surface area contributed by atoms with Crippen molar-refractivity contribution in [2.75, 3.05) is 26.7 Å². The lowest BCUT2D eigenvalue weighted by molar-refractivity contribution is 0.304. The summed E-state index contributed by atoms with van der Waals surface area (Å²) in [5.74, 6) is 0. The number of benzene rings is 1. The largest absolute Gasteiger partial charge is 0.309 e. The number of hydrogen-bond acceptors (Lipinski definition) is 2. The van der Waals surface area contributed by atoms with Crippen LogP contribution < -0.4 is 5.32 Å². The second-order valence-corrected chi connectivity index (χ2v) is 5.28. The predicted octanol–water partition coefficient (Wildman–Crippen LogP) is 3.21. The zero-order valence-electron chi connectivity index (χ0n) is 12.8. The van der Waals surface area contributed by atoms with Crippen molar-refractivity contribution < 1.29 is 0 Å². The van der Waals surface area contributed by atoms with Gasteiger partial charge in [-0.05, 0) is 57.6 Å². The molecule has 2 nitrogen and oxygen atoms in total. The van der Waals surface area contributed by atoms with Crippen LogP contribution in [-0.2, 0) is 0 Å². The average Bonchev–Trinajstić information content (AvgIpc) is 2.27. The molecule has 0 spiro atoms. The monoisotopic (exact) mass is 248 g/mol. The highest BCUT2D eigenvalue weighted by Gasteiger charge is 2.16. The zero-order valence-corrected chi connectivity index (χ0v) is 12.8. The van der Waals surface area contributed by atoms with Gasteiger partial charge in [0.2, 0.25) is 0 Å². The second kappa shape index (κ2) is 6.91. The molecule has 1 atom stereocenters. The molecule has 1 rings (SSSR count). The van der Waals surface area contributed by atoms with Crippen molar-refractivity contribution in [3.63, 3.8) is 0 Å². The zero-order chi connectivity index (χ0) is 13.7. The topological polar surface area (TPSA) is 15.3 Å². The molecule has 0 aliphatic carbocycles. The van der Waals surface area contributed by atoms with Gasteiger partial charge < -0.3 is 10.2 Å². The fraction of sp³-hybridized carbons (Fsp3) is 0.625. The summed E-state index contributed by atoms with van der Waals surface area (Å²) < 4.78 is 0. The standard InChI is InChI=1S/C16H28N2/c1-7-17-15(11-18(6)8-2)16-13(4)9-12(3)10-14(16)5/h9-10,15,17H,7-8,11H2,1-6H3. The Morgan fingerprint density at radius 1 is 1.11 bits per heavy atom. The van der Waals surface area contributed by atoms with E-state index in [1.54, 1.807) is 0 Å². The van der Waals surface area contributed by atoms with Crippen LogP contribution in [-0.4, -0.2) is 31.6 Å². The summed E-state index contributed by atoms with van der Waals surface area (Å²) in [7, 11) is 2.18. The molecule has 0 heterocycles. The van der Waals surface area contributed by atoms with Crippen molar-refractivity contribution in [3.05, 3.63) is 34.4 Å². The first-order valence-corrected chi connectivity index (χ1v) is 6.99. The van der Waals surface area contributed by atoms with Gasteiger partial charge in [0.15, 0.2) is 0 Å². The normalized spacial score (nSPS) is 13.1. The van der Waals surface area contributed by atoms with Crippen LogP contribution in [0.3, 0.4) is 0 Å². The molecule has 1 unspecified atom stereocenters. The Morgan fingerprint density at radius 2 is 1.67 bits per heavy atom. The van der Waals surface area contributed by atoms with E-state index in [0.29, 0.717) is 6.04 Å². The quantitative estimate of drug-likeness (QED) is 0.831. The highest BCUT2D eigenvalue weighted by Crippen LogP contribution is 2.24. The first-order valence-electron chi connectivity index (χ1n) is 6.99. The van der Waals surface area contributed by atoms with Crippen LogP contribution in [0.15, 0.2) is 12.1 Å². The Labute approximate surface area is 112 Å². The van der Waals surface area contributed by atoms with E-state index in [4.69, 9.17) is 0 Å². The molecular formula is C16H28N2. The Kier molecular flexibility index (Phi) is 5.83. The average molecular weight is 248 g/mol. The van der Waals surface area contributed by atoms with Gasteiger partial charge in [0, 0.05) is 12.6 Å². The van der Waals surface area contributed by atoms with E-state index in [0.717, 1.165) is 19.6 Å². The summed E-state index contributed by atoms with van der Waals surface area (Å²) in [6, 6.07) is 5.01. The van der Waals surface area contributed by atoms with Crippen molar-refractivity contribution in [1.82, 2.24) is 10.2 Å². The molecule has 0 aliphatic heterocycles. The van der Waals surface area contributed by atoms with Crippen LogP contribution in [0, 0.1) is 20.8 Å². The number of nitrogens with zero attached hydrogens (tertiary/aromatic N) is 1. The first-order chi connectivity index (χ1) is 8.49. The van der Waals surface area contributed by atoms with Crippen molar-refractivity contribution >= 4 is 0 Å². The number of rotatable bonds is 6. The minimum Gasteiger partial charge on any atom is -0.309 e. The number of aryl methyl sites for hydroxylation is 3. The summed E-state index contributed by atoms with van der Waals surface area (Å²) >= 11 is 0. The van der Waals surface area contributed by atoms with E-state index < -0.39 is 0 Å². The van der Waals surface area contributed by atoms with Gasteiger partial charge in [-0.25, -0.2) is 0 Å². The van der Waals surface area contributed by atoms with E-state index in [-0.39, 0.29) is 0 Å². The van der Waals surface area contributed by atoms with E-state index in [1.165, 1.54) is 22.3 Å². The van der Waals surface area contributed by atoms with Crippen LogP contribution in [0.5, 0.6) is 0 Å². The first kappa shape index (κ1) is 15.2. The van der Waals surface area contributed by atoms with Crippen LogP contribution in [0.1, 0.15) is 42.1 Å². The highest BCUT2D eigenvalue weighted by atomic mass is 15.1. The maximum atomic E-state index is 3.62. The molecule has 0 saturated heterocycles. The molecule has 0 aliphatic rings. The fourth-order valence-electron chi connectivity index (χ4n) is 2.69. The predicted molar refractivity (Wildman–Crippen MR) is 80.2 cm³/mol. The Hall–Kier alpha value is -0.860. The Bertz CT molecular complexity index is 362. The Balaban J connectivity index is 3.05. The molecule has 0 bridgehead atoms. The third-order valence-corrected chi connectivity index (χ3v) is 3.57. The van der Waals surface area contributed by atoms with Gasteiger partial charge in [-0.2, -0.15) is 0 Å². The van der Waals surface area contributed by atoms with Crippen LogP contribution >= 0.6 is 0 Å². The molecule has 0 saturated carbocycles. The lowest BCUT2D eigenvalue weighted by Crippen LogP contribution is -2.33. The third kappa shape index (κ3) is 3.82. The van der Waals surface area contributed by atoms with Crippen molar-refractivity contribution in [1.29, 1.82) is 0 Å². The van der Waals surface area contributed by atoms with Gasteiger partial charge in [-0.15, -0.1) is 0 Å². The van der Waals surface area contributed by atoms with Gasteiger partial charge in [-0.1, -0.05) is 31.5 Å². The Morgan fingerprint density at radius 3 is 2.11 bits per heavy atom. The van der Waals surface area contributed by atoms with Gasteiger partial charge >= 0.3 is 0 Å². The van der Waals surface area contributed by atoms with Crippen molar-refractivity contribution in [2.45, 2.75) is 40.7 Å². The molecule has 102 valence electrons. The molecule has 0 fully saturated rings. The summed E-state index contributed by atoms with van der Waals surface area (Å²) in [5.41, 5.74) is 5.64. The molecule has 0 amide bonds. The molecule has 1 aromatic rings. The summed E-state index contributed by atoms with van der Waals surface area (Å²) in [6.45, 7) is 14.2. The molecule has 18 heavy (non-hydrogen) atoms. The van der Waals surface area contributed by atoms with Crippen LogP contribution in [0.4, 0.5) is 0 Å². The van der Waals surface area contributed by atoms with Crippen molar-refractivity contribution in [3.8, 4) is 0 Å². The molecule has 2 heteroatoms. The maximum absolute atomic E-state index is 3.62. The van der Waals surface area contributed by atoms with E-state index in [2.05, 4.69) is 64.0 Å². The third-order valence-electron chi connectivity index (χ3n) is 3.57. The molecule has 1 aromatic carbocycles. The van der Waals surface area contributed by atoms with Gasteiger partial charge in [0.25, 0.3) is 0 Å². The highest BCUT2D eigenvalue weighted by molar-refractivity contribution is 5.39. The van der Waals surface area contributed by atoms with Crippen molar-refractivity contribution in [2.24, 2.45) is 0 Å². The summed E-state index contributed by atoms with van der Waals surface area (Å²) in [5, 5.41) is 3.62. The smallest absolute Gasteiger partial charge is 0.0454 e. The molecular weight excluding hydrogens is 220 g/mol. The van der Waals surface area contributed by atoms with E-state index in [1.807, 2.05) is 0 Å². The lowest BCUT2D eigenvalue weighted by Gasteiger charge is -2.27. The minimum absolute atomic E-state index is 0.431. The lowest BCUT2D eigenvalue weighted by atomic mass is 9.93. The SMILES string of the molecule is CCNC(CN(C)CC)c1c(C)cc(C)cc1C. The minimum atomic E-state index is 0.431. The number of likely N-dealkylation sites (N-methyl/N-ethyl adjacent to an activating group) is 2. The second-order valence-electron chi connectivity index (χ2n) is 5.28. The fourth-order valence-corrected chi connectivity index (χ4v) is 2.69. The van der Waals surface area contributed by atoms with Gasteiger partial charge in [0.1, 0.15) is 0 Å². The number of nitrogens with one attached hydrogen (secondary N) is 1. The molecule has 0 radical (unpaired) electrons. The summed E-state index contributed by atoms with van der Waals surface area (Å²) in [4.78, 5) is 2.37. The van der Waals surface area contributed by atoms with E-state index in [9.17, 15) is 0 Å². The van der Waals surface area contributed by atoms with Crippen LogP contribution in [0.25, 0.3) is 0 Å². The van der Waals surface area contributed by atoms with Gasteiger partial charge in [0.05, 0.1) is 0 Å². The van der Waals surface area contributed by atoms with E-state index >= 15 is 0 Å². The summed E-state index contributed by atoms with van der Waals surface area (Å²) in [6.07, 6.45) is 0. The van der Waals surface area contributed by atoms with Crippen LogP contribution in [0.2, 0.25) is 0 Å². The maximum Gasteiger partial charge on any atom is 0.0454 e. The molecule has 1 N–H and O–H groups in total. The molecule has 0 aromatic heterocycles.